The summed E-state index contributed by atoms with van der Waals surface area (Å²) in [5.74, 6) is 0.0754. The van der Waals surface area contributed by atoms with Gasteiger partial charge in [0.2, 0.25) is 11.0 Å². The number of halogens is 1. The van der Waals surface area contributed by atoms with Gasteiger partial charge in [0.15, 0.2) is 4.34 Å². The van der Waals surface area contributed by atoms with Crippen LogP contribution in [0.3, 0.4) is 0 Å². The van der Waals surface area contributed by atoms with Crippen LogP contribution in [0.25, 0.3) is 0 Å². The van der Waals surface area contributed by atoms with Crippen molar-refractivity contribution in [1.29, 1.82) is 0 Å². The van der Waals surface area contributed by atoms with Crippen LogP contribution in [0, 0.1) is 0 Å². The third kappa shape index (κ3) is 4.84. The lowest BCUT2D eigenvalue weighted by Gasteiger charge is -2.15. The Morgan fingerprint density at radius 1 is 1.38 bits per heavy atom. The zero-order valence-corrected chi connectivity index (χ0v) is 15.7. The van der Waals surface area contributed by atoms with E-state index in [1.54, 1.807) is 0 Å². The molecule has 1 fully saturated rings. The lowest BCUT2D eigenvalue weighted by molar-refractivity contribution is -0.120. The minimum Gasteiger partial charge on any atom is -0.352 e. The molecule has 1 aromatic carbocycles. The van der Waals surface area contributed by atoms with E-state index in [0.717, 1.165) is 22.9 Å². The number of benzene rings is 1. The molecule has 2 aromatic rings. The molecule has 1 atom stereocenters. The maximum Gasteiger partial charge on any atom is 0.233 e. The van der Waals surface area contributed by atoms with E-state index >= 15 is 0 Å². The molecular formula is C16H19ClN4OS2. The van der Waals surface area contributed by atoms with E-state index in [0.29, 0.717) is 16.2 Å². The molecule has 1 aliphatic rings. The van der Waals surface area contributed by atoms with E-state index in [2.05, 4.69) is 20.8 Å². The summed E-state index contributed by atoms with van der Waals surface area (Å²) in [6.45, 7) is 1.90. The molecule has 2 N–H and O–H groups in total. The molecule has 3 rings (SSSR count). The predicted molar refractivity (Wildman–Crippen MR) is 100 cm³/mol. The Hall–Kier alpha value is -1.31. The summed E-state index contributed by atoms with van der Waals surface area (Å²) in [6.07, 6.45) is 4.61. The Morgan fingerprint density at radius 3 is 2.92 bits per heavy atom. The fourth-order valence-electron chi connectivity index (χ4n) is 2.59. The van der Waals surface area contributed by atoms with Crippen LogP contribution in [0.15, 0.2) is 28.6 Å². The fourth-order valence-corrected chi connectivity index (χ4v) is 4.71. The highest BCUT2D eigenvalue weighted by atomic mass is 35.5. The van der Waals surface area contributed by atoms with Gasteiger partial charge in [0, 0.05) is 16.8 Å². The standard InChI is InChI=1S/C16H19ClN4OS2/c1-10(14(22)18-12-6-2-3-7-12)23-16-21-20-15(24-16)19-13-8-4-5-11(17)9-13/h4-5,8-10,12H,2-3,6-7H2,1H3,(H,18,22)(H,19,20)/t10-/m1/s1. The van der Waals surface area contributed by atoms with Crippen LogP contribution in [0.4, 0.5) is 10.8 Å². The number of nitrogens with one attached hydrogen (secondary N) is 2. The lowest BCUT2D eigenvalue weighted by atomic mass is 10.2. The minimum absolute atomic E-state index is 0.0754. The maximum absolute atomic E-state index is 12.2. The second kappa shape index (κ2) is 8.18. The quantitative estimate of drug-likeness (QED) is 0.721. The Kier molecular flexibility index (Phi) is 5.97. The summed E-state index contributed by atoms with van der Waals surface area (Å²) in [5, 5.41) is 15.7. The van der Waals surface area contributed by atoms with E-state index in [4.69, 9.17) is 11.6 Å². The van der Waals surface area contributed by atoms with Gasteiger partial charge < -0.3 is 10.6 Å². The Balaban J connectivity index is 1.54. The Bertz CT molecular complexity index is 703. The van der Waals surface area contributed by atoms with Crippen LogP contribution in [0.1, 0.15) is 32.6 Å². The number of aromatic nitrogens is 2. The molecule has 0 unspecified atom stereocenters. The molecule has 1 aromatic heterocycles. The van der Waals surface area contributed by atoms with Gasteiger partial charge in [-0.3, -0.25) is 4.79 Å². The largest absolute Gasteiger partial charge is 0.352 e. The van der Waals surface area contributed by atoms with Crippen LogP contribution >= 0.6 is 34.7 Å². The van der Waals surface area contributed by atoms with Crippen molar-refractivity contribution in [3.05, 3.63) is 29.3 Å². The summed E-state index contributed by atoms with van der Waals surface area (Å²) >= 11 is 8.83. The first-order valence-corrected chi connectivity index (χ1v) is 10.0. The van der Waals surface area contributed by atoms with Crippen molar-refractivity contribution in [2.45, 2.75) is 48.2 Å². The highest BCUT2D eigenvalue weighted by Crippen LogP contribution is 2.31. The first-order chi connectivity index (χ1) is 11.6. The number of thioether (sulfide) groups is 1. The molecule has 0 radical (unpaired) electrons. The van der Waals surface area contributed by atoms with Crippen LogP contribution < -0.4 is 10.6 Å². The van der Waals surface area contributed by atoms with E-state index in [1.165, 1.54) is 35.9 Å². The molecule has 1 saturated carbocycles. The van der Waals surface area contributed by atoms with Gasteiger partial charge in [-0.2, -0.15) is 0 Å². The van der Waals surface area contributed by atoms with Gasteiger partial charge in [-0.15, -0.1) is 10.2 Å². The number of hydrogen-bond donors (Lipinski definition) is 2. The number of rotatable bonds is 6. The van der Waals surface area contributed by atoms with E-state index in [1.807, 2.05) is 31.2 Å². The summed E-state index contributed by atoms with van der Waals surface area (Å²) in [6, 6.07) is 7.77. The number of nitrogens with zero attached hydrogens (tertiary/aromatic N) is 2. The number of carbonyl (C=O) groups excluding carboxylic acids is 1. The van der Waals surface area contributed by atoms with Crippen molar-refractivity contribution < 1.29 is 4.79 Å². The molecular weight excluding hydrogens is 364 g/mol. The Labute approximate surface area is 154 Å². The SMILES string of the molecule is C[C@@H](Sc1nnc(Nc2cccc(Cl)c2)s1)C(=O)NC1CCCC1. The van der Waals surface area contributed by atoms with E-state index in [9.17, 15) is 4.79 Å². The minimum atomic E-state index is -0.183. The van der Waals surface area contributed by atoms with Crippen molar-refractivity contribution in [2.75, 3.05) is 5.32 Å². The summed E-state index contributed by atoms with van der Waals surface area (Å²) < 4.78 is 0.772. The first kappa shape index (κ1) is 17.5. The van der Waals surface area contributed by atoms with Gasteiger partial charge >= 0.3 is 0 Å². The molecule has 1 heterocycles. The zero-order chi connectivity index (χ0) is 16.9. The highest BCUT2D eigenvalue weighted by Gasteiger charge is 2.22. The molecule has 0 spiro atoms. The molecule has 128 valence electrons. The number of anilines is 2. The number of amides is 1. The topological polar surface area (TPSA) is 66.9 Å². The van der Waals surface area contributed by atoms with Crippen LogP contribution in [0.5, 0.6) is 0 Å². The van der Waals surface area contributed by atoms with E-state index < -0.39 is 0 Å². The molecule has 5 nitrogen and oxygen atoms in total. The van der Waals surface area contributed by atoms with Gasteiger partial charge in [-0.25, -0.2) is 0 Å². The average molecular weight is 383 g/mol. The zero-order valence-electron chi connectivity index (χ0n) is 13.3. The van der Waals surface area contributed by atoms with Crippen LogP contribution in [-0.2, 0) is 4.79 Å². The average Bonchev–Trinajstić information content (AvgIpc) is 3.19. The van der Waals surface area contributed by atoms with Gasteiger partial charge in [-0.1, -0.05) is 53.6 Å². The smallest absolute Gasteiger partial charge is 0.233 e. The highest BCUT2D eigenvalue weighted by molar-refractivity contribution is 8.02. The molecule has 1 amide bonds. The Morgan fingerprint density at radius 2 is 2.17 bits per heavy atom. The van der Waals surface area contributed by atoms with Crippen LogP contribution in [0.2, 0.25) is 5.02 Å². The lowest BCUT2D eigenvalue weighted by Crippen LogP contribution is -2.37. The second-order valence-electron chi connectivity index (χ2n) is 5.76. The normalized spacial score (nSPS) is 16.1. The second-order valence-corrected chi connectivity index (χ2v) is 8.76. The van der Waals surface area contributed by atoms with Gasteiger partial charge in [0.05, 0.1) is 5.25 Å². The van der Waals surface area contributed by atoms with Gasteiger partial charge in [-0.05, 0) is 38.0 Å². The molecule has 24 heavy (non-hydrogen) atoms. The number of carbonyl (C=O) groups is 1. The molecule has 8 heteroatoms. The number of hydrogen-bond acceptors (Lipinski definition) is 6. The van der Waals surface area contributed by atoms with Crippen molar-refractivity contribution in [2.24, 2.45) is 0 Å². The third-order valence-electron chi connectivity index (χ3n) is 3.83. The summed E-state index contributed by atoms with van der Waals surface area (Å²) in [4.78, 5) is 12.2. The van der Waals surface area contributed by atoms with Crippen molar-refractivity contribution in [3.8, 4) is 0 Å². The van der Waals surface area contributed by atoms with Crippen molar-refractivity contribution in [3.63, 3.8) is 0 Å². The van der Waals surface area contributed by atoms with Crippen molar-refractivity contribution >= 4 is 51.4 Å². The summed E-state index contributed by atoms with van der Waals surface area (Å²) in [7, 11) is 0. The summed E-state index contributed by atoms with van der Waals surface area (Å²) in [5.41, 5.74) is 0.863. The molecule has 0 bridgehead atoms. The first-order valence-electron chi connectivity index (χ1n) is 7.93. The monoisotopic (exact) mass is 382 g/mol. The van der Waals surface area contributed by atoms with Gasteiger partial charge in [0.25, 0.3) is 0 Å². The molecule has 1 aliphatic carbocycles. The predicted octanol–water partition coefficient (Wildman–Crippen LogP) is 4.47. The van der Waals surface area contributed by atoms with Crippen LogP contribution in [-0.4, -0.2) is 27.4 Å². The molecule has 0 saturated heterocycles. The van der Waals surface area contributed by atoms with Gasteiger partial charge in [0.1, 0.15) is 0 Å². The maximum atomic E-state index is 12.2. The molecule has 0 aliphatic heterocycles. The van der Waals surface area contributed by atoms with E-state index in [-0.39, 0.29) is 11.2 Å². The van der Waals surface area contributed by atoms with Crippen molar-refractivity contribution in [1.82, 2.24) is 15.5 Å². The third-order valence-corrected chi connectivity index (χ3v) is 6.09. The fraction of sp³-hybridized carbons (Fsp3) is 0.438.